The van der Waals surface area contributed by atoms with E-state index in [1.807, 2.05) is 7.05 Å². The molecule has 0 aliphatic rings. The lowest BCUT2D eigenvalue weighted by molar-refractivity contribution is -0.132. The summed E-state index contributed by atoms with van der Waals surface area (Å²) in [5, 5.41) is 4.00. The number of nitrogen functional groups attached to an aromatic ring is 1. The van der Waals surface area contributed by atoms with E-state index in [1.165, 1.54) is 0 Å². The van der Waals surface area contributed by atoms with Gasteiger partial charge in [-0.1, -0.05) is 0 Å². The molecule has 0 aromatic carbocycles. The summed E-state index contributed by atoms with van der Waals surface area (Å²) in [6.07, 6.45) is 6.29. The van der Waals surface area contributed by atoms with Gasteiger partial charge in [-0.3, -0.25) is 9.48 Å². The van der Waals surface area contributed by atoms with Gasteiger partial charge in [0.1, 0.15) is 6.54 Å². The monoisotopic (exact) mass is 256 g/mol. The highest BCUT2D eigenvalue weighted by Gasteiger charge is 2.15. The lowest BCUT2D eigenvalue weighted by Crippen LogP contribution is -2.37. The molecule has 0 aliphatic carbocycles. The Morgan fingerprint density at radius 2 is 2.41 bits per heavy atom. The van der Waals surface area contributed by atoms with Gasteiger partial charge in [0.15, 0.2) is 0 Å². The number of hydrogen-bond acceptors (Lipinski definition) is 4. The molecule has 1 atom stereocenters. The number of carbonyl (C=O) groups is 1. The number of aromatic nitrogens is 2. The lowest BCUT2D eigenvalue weighted by Gasteiger charge is -2.24. The van der Waals surface area contributed by atoms with E-state index in [0.29, 0.717) is 5.69 Å². The van der Waals surface area contributed by atoms with Crippen molar-refractivity contribution in [1.82, 2.24) is 14.7 Å². The first-order valence-electron chi connectivity index (χ1n) is 5.57. The number of anilines is 1. The fourth-order valence-corrected chi connectivity index (χ4v) is 2.02. The van der Waals surface area contributed by atoms with Crippen LogP contribution in [0.3, 0.4) is 0 Å². The fraction of sp³-hybridized carbons (Fsp3) is 0.636. The molecule has 0 aliphatic heterocycles. The Bertz CT molecular complexity index is 366. The molecule has 0 spiro atoms. The standard InChI is InChI=1S/C11H20N4OS/c1-9(4-5-17-3)14(2)11(16)8-15-7-10(12)6-13-15/h6-7,9H,4-5,8,12H2,1-3H3. The van der Waals surface area contributed by atoms with Gasteiger partial charge in [0.05, 0.1) is 11.9 Å². The molecule has 2 N–H and O–H groups in total. The van der Waals surface area contributed by atoms with E-state index in [-0.39, 0.29) is 18.5 Å². The van der Waals surface area contributed by atoms with Crippen molar-refractivity contribution in [2.75, 3.05) is 24.8 Å². The maximum atomic E-state index is 11.9. The Labute approximate surface area is 106 Å². The van der Waals surface area contributed by atoms with Crippen LogP contribution in [0.15, 0.2) is 12.4 Å². The van der Waals surface area contributed by atoms with Crippen molar-refractivity contribution in [3.05, 3.63) is 12.4 Å². The highest BCUT2D eigenvalue weighted by molar-refractivity contribution is 7.98. The second-order valence-corrected chi connectivity index (χ2v) is 5.09. The van der Waals surface area contributed by atoms with Crippen LogP contribution in [0.1, 0.15) is 13.3 Å². The number of hydrogen-bond donors (Lipinski definition) is 1. The molecule has 1 aromatic heterocycles. The normalized spacial score (nSPS) is 12.4. The zero-order chi connectivity index (χ0) is 12.8. The van der Waals surface area contributed by atoms with E-state index in [9.17, 15) is 4.79 Å². The molecule has 1 heterocycles. The lowest BCUT2D eigenvalue weighted by atomic mass is 10.2. The molecule has 6 heteroatoms. The molecule has 1 unspecified atom stereocenters. The Morgan fingerprint density at radius 1 is 1.71 bits per heavy atom. The summed E-state index contributed by atoms with van der Waals surface area (Å²) in [5.41, 5.74) is 6.12. The fourth-order valence-electron chi connectivity index (χ4n) is 1.44. The van der Waals surface area contributed by atoms with Crippen molar-refractivity contribution in [3.63, 3.8) is 0 Å². The second kappa shape index (κ2) is 6.54. The zero-order valence-electron chi connectivity index (χ0n) is 10.6. The van der Waals surface area contributed by atoms with Gasteiger partial charge in [0.25, 0.3) is 0 Å². The number of carbonyl (C=O) groups excluding carboxylic acids is 1. The summed E-state index contributed by atoms with van der Waals surface area (Å²) in [4.78, 5) is 13.7. The van der Waals surface area contributed by atoms with E-state index in [2.05, 4.69) is 18.3 Å². The number of nitrogens with two attached hydrogens (primary N) is 1. The summed E-state index contributed by atoms with van der Waals surface area (Å²) >= 11 is 1.79. The van der Waals surface area contributed by atoms with Gasteiger partial charge in [-0.05, 0) is 25.4 Å². The van der Waals surface area contributed by atoms with Crippen LogP contribution in [-0.4, -0.2) is 45.7 Å². The molecular formula is C11H20N4OS. The van der Waals surface area contributed by atoms with Gasteiger partial charge < -0.3 is 10.6 Å². The minimum atomic E-state index is 0.0571. The van der Waals surface area contributed by atoms with E-state index in [0.717, 1.165) is 12.2 Å². The summed E-state index contributed by atoms with van der Waals surface area (Å²) in [6, 6.07) is 0.253. The van der Waals surface area contributed by atoms with Crippen LogP contribution in [0.4, 0.5) is 5.69 Å². The summed E-state index contributed by atoms with van der Waals surface area (Å²) in [6.45, 7) is 2.31. The molecule has 0 saturated carbocycles. The van der Waals surface area contributed by atoms with Crippen molar-refractivity contribution in [1.29, 1.82) is 0 Å². The topological polar surface area (TPSA) is 64.2 Å². The quantitative estimate of drug-likeness (QED) is 0.827. The first-order valence-corrected chi connectivity index (χ1v) is 6.96. The SMILES string of the molecule is CSCCC(C)N(C)C(=O)Cn1cc(N)cn1. The Balaban J connectivity index is 2.46. The number of thioether (sulfide) groups is 1. The second-order valence-electron chi connectivity index (χ2n) is 4.11. The van der Waals surface area contributed by atoms with Crippen LogP contribution in [0.25, 0.3) is 0 Å². The average Bonchev–Trinajstić information content (AvgIpc) is 2.70. The van der Waals surface area contributed by atoms with E-state index in [1.54, 1.807) is 33.7 Å². The maximum absolute atomic E-state index is 11.9. The minimum Gasteiger partial charge on any atom is -0.396 e. The molecule has 17 heavy (non-hydrogen) atoms. The first-order chi connectivity index (χ1) is 8.04. The predicted molar refractivity (Wildman–Crippen MR) is 71.9 cm³/mol. The van der Waals surface area contributed by atoms with Gasteiger partial charge in [0, 0.05) is 19.3 Å². The van der Waals surface area contributed by atoms with Crippen molar-refractivity contribution < 1.29 is 4.79 Å². The van der Waals surface area contributed by atoms with Crippen molar-refractivity contribution in [2.24, 2.45) is 0 Å². The van der Waals surface area contributed by atoms with Crippen LogP contribution in [0, 0.1) is 0 Å². The van der Waals surface area contributed by atoms with Gasteiger partial charge >= 0.3 is 0 Å². The Kier molecular flexibility index (Phi) is 5.34. The zero-order valence-corrected chi connectivity index (χ0v) is 11.4. The van der Waals surface area contributed by atoms with Gasteiger partial charge in [0.2, 0.25) is 5.91 Å². The third-order valence-corrected chi connectivity index (χ3v) is 3.39. The smallest absolute Gasteiger partial charge is 0.244 e. The highest BCUT2D eigenvalue weighted by Crippen LogP contribution is 2.07. The molecule has 1 aromatic rings. The molecule has 96 valence electrons. The van der Waals surface area contributed by atoms with Crippen LogP contribution >= 0.6 is 11.8 Å². The third-order valence-electron chi connectivity index (χ3n) is 2.74. The Morgan fingerprint density at radius 3 is 2.94 bits per heavy atom. The summed E-state index contributed by atoms with van der Waals surface area (Å²) in [5.74, 6) is 1.12. The number of amides is 1. The number of nitrogens with zero attached hydrogens (tertiary/aromatic N) is 3. The minimum absolute atomic E-state index is 0.0571. The highest BCUT2D eigenvalue weighted by atomic mass is 32.2. The van der Waals surface area contributed by atoms with Crippen LogP contribution in [0.5, 0.6) is 0 Å². The summed E-state index contributed by atoms with van der Waals surface area (Å²) in [7, 11) is 1.83. The van der Waals surface area contributed by atoms with Crippen molar-refractivity contribution >= 4 is 23.4 Å². The Hall–Kier alpha value is -1.17. The molecule has 0 bridgehead atoms. The number of rotatable bonds is 6. The third kappa shape index (κ3) is 4.30. The molecule has 1 rings (SSSR count). The largest absolute Gasteiger partial charge is 0.396 e. The van der Waals surface area contributed by atoms with Crippen molar-refractivity contribution in [3.8, 4) is 0 Å². The summed E-state index contributed by atoms with van der Waals surface area (Å²) < 4.78 is 1.56. The predicted octanol–water partition coefficient (Wildman–Crippen LogP) is 1.07. The van der Waals surface area contributed by atoms with Gasteiger partial charge in [-0.25, -0.2) is 0 Å². The van der Waals surface area contributed by atoms with Gasteiger partial charge in [-0.15, -0.1) is 0 Å². The molecular weight excluding hydrogens is 236 g/mol. The van der Waals surface area contributed by atoms with Crippen LogP contribution in [0.2, 0.25) is 0 Å². The van der Waals surface area contributed by atoms with Crippen molar-refractivity contribution in [2.45, 2.75) is 25.9 Å². The van der Waals surface area contributed by atoms with Gasteiger partial charge in [-0.2, -0.15) is 16.9 Å². The molecule has 0 saturated heterocycles. The molecule has 5 nitrogen and oxygen atoms in total. The van der Waals surface area contributed by atoms with E-state index < -0.39 is 0 Å². The molecule has 0 radical (unpaired) electrons. The molecule has 0 fully saturated rings. The van der Waals surface area contributed by atoms with Crippen LogP contribution < -0.4 is 5.73 Å². The van der Waals surface area contributed by atoms with E-state index >= 15 is 0 Å². The van der Waals surface area contributed by atoms with E-state index in [4.69, 9.17) is 5.73 Å². The maximum Gasteiger partial charge on any atom is 0.244 e. The van der Waals surface area contributed by atoms with Crippen LogP contribution in [-0.2, 0) is 11.3 Å². The molecule has 1 amide bonds. The average molecular weight is 256 g/mol. The first kappa shape index (κ1) is 13.9. The number of likely N-dealkylation sites (N-methyl/N-ethyl adjacent to an activating group) is 1.